The van der Waals surface area contributed by atoms with Crippen molar-refractivity contribution >= 4 is 11.3 Å². The molecule has 108 valence electrons. The molecule has 0 aliphatic heterocycles. The molecule has 0 radical (unpaired) electrons. The van der Waals surface area contributed by atoms with E-state index in [9.17, 15) is 5.11 Å². The number of hydrogen-bond acceptors (Lipinski definition) is 4. The molecule has 0 spiro atoms. The van der Waals surface area contributed by atoms with Crippen molar-refractivity contribution in [1.29, 1.82) is 0 Å². The van der Waals surface area contributed by atoms with E-state index >= 15 is 0 Å². The Kier molecular flexibility index (Phi) is 4.64. The van der Waals surface area contributed by atoms with Crippen LogP contribution >= 0.6 is 11.3 Å². The summed E-state index contributed by atoms with van der Waals surface area (Å²) in [6, 6.07) is 0.388. The van der Waals surface area contributed by atoms with E-state index in [1.807, 2.05) is 11.3 Å². The number of nitrogens with zero attached hydrogens (tertiary/aromatic N) is 1. The normalized spacial score (nSPS) is 21.2. The van der Waals surface area contributed by atoms with Crippen LogP contribution in [0, 0.1) is 5.41 Å². The van der Waals surface area contributed by atoms with Crippen LogP contribution in [0.3, 0.4) is 0 Å². The second-order valence-corrected chi connectivity index (χ2v) is 7.62. The molecule has 0 saturated carbocycles. The first kappa shape index (κ1) is 14.9. The summed E-state index contributed by atoms with van der Waals surface area (Å²) in [4.78, 5) is 6.12. The van der Waals surface area contributed by atoms with Crippen LogP contribution in [0.15, 0.2) is 0 Å². The zero-order chi connectivity index (χ0) is 14.0. The number of nitrogens with one attached hydrogen (secondary N) is 1. The van der Waals surface area contributed by atoms with E-state index < -0.39 is 0 Å². The number of aliphatic hydroxyl groups is 1. The highest BCUT2D eigenvalue weighted by atomic mass is 32.1. The van der Waals surface area contributed by atoms with Crippen LogP contribution in [0.25, 0.3) is 0 Å². The summed E-state index contributed by atoms with van der Waals surface area (Å²) in [5, 5.41) is 14.9. The first-order valence-corrected chi connectivity index (χ1v) is 8.13. The zero-order valence-electron chi connectivity index (χ0n) is 12.5. The largest absolute Gasteiger partial charge is 0.391 e. The van der Waals surface area contributed by atoms with E-state index in [0.717, 1.165) is 19.3 Å². The van der Waals surface area contributed by atoms with E-state index in [4.69, 9.17) is 4.98 Å². The molecule has 2 unspecified atom stereocenters. The highest BCUT2D eigenvalue weighted by Crippen LogP contribution is 2.34. The van der Waals surface area contributed by atoms with Gasteiger partial charge in [-0.3, -0.25) is 0 Å². The van der Waals surface area contributed by atoms with Crippen LogP contribution in [0.4, 0.5) is 0 Å². The molecular weight excluding hydrogens is 256 g/mol. The van der Waals surface area contributed by atoms with Crippen LogP contribution in [0.5, 0.6) is 0 Å². The SMILES string of the molecule is CCc1nc2c(s1)C(NCC(O)C(C)(C)C)CCC2. The summed E-state index contributed by atoms with van der Waals surface area (Å²) < 4.78 is 0. The number of thiazole rings is 1. The average Bonchev–Trinajstić information content (AvgIpc) is 2.78. The molecule has 4 heteroatoms. The summed E-state index contributed by atoms with van der Waals surface area (Å²) in [7, 11) is 0. The van der Waals surface area contributed by atoms with Crippen molar-refractivity contribution in [2.75, 3.05) is 6.54 Å². The Bertz CT molecular complexity index is 422. The Labute approximate surface area is 120 Å². The Morgan fingerprint density at radius 1 is 1.47 bits per heavy atom. The van der Waals surface area contributed by atoms with Gasteiger partial charge >= 0.3 is 0 Å². The van der Waals surface area contributed by atoms with Crippen molar-refractivity contribution in [3.8, 4) is 0 Å². The first-order valence-electron chi connectivity index (χ1n) is 7.31. The molecule has 1 aliphatic carbocycles. The van der Waals surface area contributed by atoms with Crippen molar-refractivity contribution in [3.63, 3.8) is 0 Å². The van der Waals surface area contributed by atoms with Crippen molar-refractivity contribution < 1.29 is 5.11 Å². The van der Waals surface area contributed by atoms with Crippen molar-refractivity contribution in [1.82, 2.24) is 10.3 Å². The maximum absolute atomic E-state index is 10.1. The van der Waals surface area contributed by atoms with Gasteiger partial charge in [0.1, 0.15) is 0 Å². The second kappa shape index (κ2) is 5.90. The van der Waals surface area contributed by atoms with E-state index in [-0.39, 0.29) is 11.5 Å². The maximum Gasteiger partial charge on any atom is 0.0928 e. The molecule has 0 amide bonds. The molecule has 2 atom stereocenters. The van der Waals surface area contributed by atoms with Crippen LogP contribution < -0.4 is 5.32 Å². The fraction of sp³-hybridized carbons (Fsp3) is 0.800. The van der Waals surface area contributed by atoms with E-state index in [1.54, 1.807) is 0 Å². The van der Waals surface area contributed by atoms with Crippen molar-refractivity contribution in [2.24, 2.45) is 5.41 Å². The Morgan fingerprint density at radius 2 is 2.21 bits per heavy atom. The molecule has 1 heterocycles. The van der Waals surface area contributed by atoms with Crippen LogP contribution in [0.2, 0.25) is 0 Å². The van der Waals surface area contributed by atoms with E-state index in [1.165, 1.54) is 22.0 Å². The molecular formula is C15H26N2OS. The lowest BCUT2D eigenvalue weighted by Crippen LogP contribution is -2.38. The van der Waals surface area contributed by atoms with Gasteiger partial charge in [-0.2, -0.15) is 0 Å². The van der Waals surface area contributed by atoms with Crippen LogP contribution in [-0.4, -0.2) is 22.7 Å². The molecule has 1 aliphatic rings. The third-order valence-corrected chi connectivity index (χ3v) is 5.21. The van der Waals surface area contributed by atoms with Gasteiger partial charge in [-0.05, 0) is 31.1 Å². The predicted molar refractivity (Wildman–Crippen MR) is 80.6 cm³/mol. The van der Waals surface area contributed by atoms with E-state index in [0.29, 0.717) is 12.6 Å². The van der Waals surface area contributed by atoms with Gasteiger partial charge in [0.2, 0.25) is 0 Å². The topological polar surface area (TPSA) is 45.2 Å². The number of fused-ring (bicyclic) bond motifs is 1. The quantitative estimate of drug-likeness (QED) is 0.892. The third-order valence-electron chi connectivity index (χ3n) is 3.85. The van der Waals surface area contributed by atoms with Crippen molar-refractivity contribution in [3.05, 3.63) is 15.6 Å². The summed E-state index contributed by atoms with van der Waals surface area (Å²) in [5.41, 5.74) is 1.23. The zero-order valence-corrected chi connectivity index (χ0v) is 13.3. The number of aromatic nitrogens is 1. The standard InChI is InChI=1S/C15H26N2OS/c1-5-13-17-11-8-6-7-10(14(11)19-13)16-9-12(18)15(2,3)4/h10,12,16,18H,5-9H2,1-4H3. The van der Waals surface area contributed by atoms with Gasteiger partial charge in [-0.1, -0.05) is 27.7 Å². The monoisotopic (exact) mass is 282 g/mol. The molecule has 19 heavy (non-hydrogen) atoms. The lowest BCUT2D eigenvalue weighted by Gasteiger charge is -2.29. The maximum atomic E-state index is 10.1. The van der Waals surface area contributed by atoms with Gasteiger partial charge in [0, 0.05) is 17.5 Å². The molecule has 1 aromatic rings. The Balaban J connectivity index is 2.01. The minimum Gasteiger partial charge on any atom is -0.391 e. The van der Waals surface area contributed by atoms with Gasteiger partial charge in [0.15, 0.2) is 0 Å². The van der Waals surface area contributed by atoms with Gasteiger partial charge in [0.25, 0.3) is 0 Å². The fourth-order valence-electron chi connectivity index (χ4n) is 2.38. The van der Waals surface area contributed by atoms with Crippen LogP contribution in [0.1, 0.15) is 62.2 Å². The molecule has 0 aromatic carbocycles. The molecule has 0 fully saturated rings. The van der Waals surface area contributed by atoms with Crippen molar-refractivity contribution in [2.45, 2.75) is 65.5 Å². The molecule has 2 N–H and O–H groups in total. The molecule has 0 bridgehead atoms. The van der Waals surface area contributed by atoms with Crippen LogP contribution in [-0.2, 0) is 12.8 Å². The van der Waals surface area contributed by atoms with E-state index in [2.05, 4.69) is 33.0 Å². The lowest BCUT2D eigenvalue weighted by molar-refractivity contribution is 0.0599. The molecule has 1 aromatic heterocycles. The summed E-state index contributed by atoms with van der Waals surface area (Å²) in [5.74, 6) is 0. The Morgan fingerprint density at radius 3 is 2.84 bits per heavy atom. The predicted octanol–water partition coefficient (Wildman–Crippen LogP) is 3.08. The Hall–Kier alpha value is -0.450. The molecule has 0 saturated heterocycles. The number of hydrogen-bond donors (Lipinski definition) is 2. The second-order valence-electron chi connectivity index (χ2n) is 6.51. The summed E-state index contributed by atoms with van der Waals surface area (Å²) >= 11 is 1.85. The number of rotatable bonds is 4. The van der Waals surface area contributed by atoms with Gasteiger partial charge in [0.05, 0.1) is 16.8 Å². The number of aryl methyl sites for hydroxylation is 2. The average molecular weight is 282 g/mol. The highest BCUT2D eigenvalue weighted by molar-refractivity contribution is 7.11. The lowest BCUT2D eigenvalue weighted by atomic mass is 9.88. The van der Waals surface area contributed by atoms with Gasteiger partial charge in [-0.25, -0.2) is 4.98 Å². The minimum absolute atomic E-state index is 0.0627. The number of aliphatic hydroxyl groups excluding tert-OH is 1. The molecule has 3 nitrogen and oxygen atoms in total. The molecule has 2 rings (SSSR count). The smallest absolute Gasteiger partial charge is 0.0928 e. The first-order chi connectivity index (χ1) is 8.91. The summed E-state index contributed by atoms with van der Waals surface area (Å²) in [6.45, 7) is 9.05. The minimum atomic E-state index is -0.309. The summed E-state index contributed by atoms with van der Waals surface area (Å²) in [6.07, 6.45) is 4.19. The van der Waals surface area contributed by atoms with Gasteiger partial charge < -0.3 is 10.4 Å². The highest BCUT2D eigenvalue weighted by Gasteiger charge is 2.27. The van der Waals surface area contributed by atoms with Gasteiger partial charge in [-0.15, -0.1) is 11.3 Å². The fourth-order valence-corrected chi connectivity index (χ4v) is 3.54. The third kappa shape index (κ3) is 3.56.